The molecule has 1 saturated heterocycles. The van der Waals surface area contributed by atoms with Crippen molar-refractivity contribution in [2.75, 3.05) is 11.9 Å². The van der Waals surface area contributed by atoms with Crippen molar-refractivity contribution < 1.29 is 19.8 Å². The summed E-state index contributed by atoms with van der Waals surface area (Å²) in [6, 6.07) is 9.60. The van der Waals surface area contributed by atoms with Crippen LogP contribution >= 0.6 is 11.3 Å². The Morgan fingerprint density at radius 2 is 2.06 bits per heavy atom. The molecule has 1 amide bonds. The predicted octanol–water partition coefficient (Wildman–Crippen LogP) is 2.59. The Morgan fingerprint density at radius 1 is 1.29 bits per heavy atom. The zero-order valence-electron chi connectivity index (χ0n) is 17.1. The van der Waals surface area contributed by atoms with Gasteiger partial charge in [-0.3, -0.25) is 4.79 Å². The van der Waals surface area contributed by atoms with Crippen LogP contribution in [-0.2, 0) is 9.59 Å². The molecule has 2 aliphatic heterocycles. The number of rotatable bonds is 6. The third-order valence-corrected chi connectivity index (χ3v) is 7.62. The largest absolute Gasteiger partial charge is 0.477 e. The van der Waals surface area contributed by atoms with Crippen LogP contribution < -0.4 is 5.32 Å². The van der Waals surface area contributed by atoms with Gasteiger partial charge in [0.15, 0.2) is 0 Å². The molecule has 1 aromatic heterocycles. The molecule has 0 bridgehead atoms. The second-order valence-corrected chi connectivity index (χ2v) is 9.45. The minimum Gasteiger partial charge on any atom is -0.477 e. The number of aliphatic hydroxyl groups excluding tert-OH is 1. The molecule has 3 aliphatic rings. The number of aliphatic carboxylic acids is 1. The highest BCUT2D eigenvalue weighted by Crippen LogP contribution is 2.53. The van der Waals surface area contributed by atoms with E-state index in [1.54, 1.807) is 6.92 Å². The highest BCUT2D eigenvalue weighted by Gasteiger charge is 2.62. The molecule has 3 heterocycles. The quantitative estimate of drug-likeness (QED) is 0.591. The van der Waals surface area contributed by atoms with Crippen molar-refractivity contribution >= 4 is 28.3 Å². The van der Waals surface area contributed by atoms with Crippen LogP contribution in [0.15, 0.2) is 41.6 Å². The number of aliphatic hydroxyl groups is 1. The first-order chi connectivity index (χ1) is 15.0. The van der Waals surface area contributed by atoms with Crippen molar-refractivity contribution in [3.8, 4) is 10.6 Å². The van der Waals surface area contributed by atoms with Gasteiger partial charge in [0.1, 0.15) is 10.7 Å². The van der Waals surface area contributed by atoms with E-state index in [-0.39, 0.29) is 29.5 Å². The monoisotopic (exact) mass is 440 g/mol. The molecule has 3 N–H and O–H groups in total. The maximum atomic E-state index is 12.6. The molecular weight excluding hydrogens is 416 g/mol. The Labute approximate surface area is 183 Å². The van der Waals surface area contributed by atoms with Gasteiger partial charge in [0.2, 0.25) is 11.0 Å². The summed E-state index contributed by atoms with van der Waals surface area (Å²) in [5.41, 5.74) is 1.98. The molecule has 0 radical (unpaired) electrons. The molecule has 8 nitrogen and oxygen atoms in total. The average molecular weight is 441 g/mol. The first-order valence-electron chi connectivity index (χ1n) is 10.6. The number of carbonyl (C=O) groups is 2. The normalized spacial score (nSPS) is 28.1. The molecule has 1 aliphatic carbocycles. The van der Waals surface area contributed by atoms with Crippen LogP contribution in [0.4, 0.5) is 5.13 Å². The summed E-state index contributed by atoms with van der Waals surface area (Å²) in [4.78, 5) is 26.1. The van der Waals surface area contributed by atoms with Crippen molar-refractivity contribution in [3.05, 3.63) is 41.6 Å². The SMILES string of the molecule is C[C@@H](O)[C@H]1C(=O)N2C(C(=O)O)=C3[C@@H](CNc4nnc(-c5ccccc5)s4)CCC[C@@H]3[C@H]12. The number of carboxylic acid groups (broad SMARTS) is 1. The predicted molar refractivity (Wildman–Crippen MR) is 115 cm³/mol. The van der Waals surface area contributed by atoms with Gasteiger partial charge in [-0.1, -0.05) is 48.1 Å². The lowest BCUT2D eigenvalue weighted by atomic mass is 9.69. The Balaban J connectivity index is 1.37. The second-order valence-electron chi connectivity index (χ2n) is 8.47. The number of hydrogen-bond acceptors (Lipinski definition) is 7. The molecule has 2 fully saturated rings. The summed E-state index contributed by atoms with van der Waals surface area (Å²) in [5.74, 6) is -1.85. The summed E-state index contributed by atoms with van der Waals surface area (Å²) in [7, 11) is 0. The number of β-lactam (4-membered cyclic amide) rings is 1. The molecule has 0 unspecified atom stereocenters. The van der Waals surface area contributed by atoms with Crippen LogP contribution in [0, 0.1) is 17.8 Å². The van der Waals surface area contributed by atoms with E-state index in [9.17, 15) is 19.8 Å². The van der Waals surface area contributed by atoms with E-state index in [1.165, 1.54) is 16.2 Å². The summed E-state index contributed by atoms with van der Waals surface area (Å²) in [5, 5.41) is 33.3. The Morgan fingerprint density at radius 3 is 2.77 bits per heavy atom. The second kappa shape index (κ2) is 7.72. The van der Waals surface area contributed by atoms with Gasteiger partial charge < -0.3 is 20.4 Å². The maximum Gasteiger partial charge on any atom is 0.352 e. The third-order valence-electron chi connectivity index (χ3n) is 6.69. The molecule has 2 aromatic rings. The van der Waals surface area contributed by atoms with Gasteiger partial charge in [-0.05, 0) is 25.3 Å². The van der Waals surface area contributed by atoms with Crippen LogP contribution in [0.3, 0.4) is 0 Å². The first-order valence-corrected chi connectivity index (χ1v) is 11.4. The van der Waals surface area contributed by atoms with E-state index in [4.69, 9.17) is 0 Å². The number of aromatic nitrogens is 2. The first kappa shape index (κ1) is 20.1. The molecule has 5 rings (SSSR count). The van der Waals surface area contributed by atoms with E-state index >= 15 is 0 Å². The number of carbonyl (C=O) groups excluding carboxylic acids is 1. The Bertz CT molecular complexity index is 1050. The van der Waals surface area contributed by atoms with Crippen molar-refractivity contribution in [2.45, 2.75) is 38.3 Å². The zero-order chi connectivity index (χ0) is 21.7. The molecule has 9 heteroatoms. The van der Waals surface area contributed by atoms with E-state index in [0.717, 1.165) is 35.4 Å². The Hall–Kier alpha value is -2.78. The standard InChI is InChI=1S/C22H24N4O4S/c1-11(27)15-17-14-9-5-8-13(16(14)18(21(29)30)26(17)20(15)28)10-23-22-25-24-19(31-22)12-6-3-2-4-7-12/h2-4,6-7,11,13-15,17,27H,5,8-10H2,1H3,(H,23,25)(H,29,30)/t11-,13-,14+,15-,17-/m1/s1. The van der Waals surface area contributed by atoms with E-state index in [1.807, 2.05) is 30.3 Å². The summed E-state index contributed by atoms with van der Waals surface area (Å²) in [6.45, 7) is 2.15. The molecule has 162 valence electrons. The smallest absolute Gasteiger partial charge is 0.352 e. The number of carboxylic acids is 1. The average Bonchev–Trinajstić information content (AvgIpc) is 3.34. The van der Waals surface area contributed by atoms with Gasteiger partial charge in [-0.15, -0.1) is 10.2 Å². The number of benzene rings is 1. The van der Waals surface area contributed by atoms with Gasteiger partial charge >= 0.3 is 5.97 Å². The minimum absolute atomic E-state index is 0.00162. The van der Waals surface area contributed by atoms with Crippen LogP contribution in [0.1, 0.15) is 26.2 Å². The van der Waals surface area contributed by atoms with Crippen LogP contribution in [0.5, 0.6) is 0 Å². The van der Waals surface area contributed by atoms with Crippen LogP contribution in [-0.4, -0.2) is 55.9 Å². The van der Waals surface area contributed by atoms with Gasteiger partial charge in [0.25, 0.3) is 0 Å². The molecule has 31 heavy (non-hydrogen) atoms. The number of nitrogens with one attached hydrogen (secondary N) is 1. The number of anilines is 1. The fourth-order valence-corrected chi connectivity index (χ4v) is 6.17. The zero-order valence-corrected chi connectivity index (χ0v) is 17.9. The van der Waals surface area contributed by atoms with E-state index < -0.39 is 18.0 Å². The molecule has 1 aromatic carbocycles. The number of amides is 1. The molecule has 5 atom stereocenters. The summed E-state index contributed by atoms with van der Waals surface area (Å²) in [6.07, 6.45) is 1.88. The number of nitrogens with zero attached hydrogens (tertiary/aromatic N) is 3. The van der Waals surface area contributed by atoms with Gasteiger partial charge in [0, 0.05) is 23.9 Å². The van der Waals surface area contributed by atoms with Crippen molar-refractivity contribution in [3.63, 3.8) is 0 Å². The molecule has 1 saturated carbocycles. The van der Waals surface area contributed by atoms with E-state index in [0.29, 0.717) is 11.7 Å². The van der Waals surface area contributed by atoms with Crippen molar-refractivity contribution in [1.29, 1.82) is 0 Å². The van der Waals surface area contributed by atoms with E-state index in [2.05, 4.69) is 15.5 Å². The topological polar surface area (TPSA) is 116 Å². The molecule has 0 spiro atoms. The maximum absolute atomic E-state index is 12.6. The van der Waals surface area contributed by atoms with Gasteiger partial charge in [-0.2, -0.15) is 0 Å². The highest BCUT2D eigenvalue weighted by molar-refractivity contribution is 7.18. The van der Waals surface area contributed by atoms with Crippen LogP contribution in [0.25, 0.3) is 10.6 Å². The van der Waals surface area contributed by atoms with Crippen LogP contribution in [0.2, 0.25) is 0 Å². The lowest BCUT2D eigenvalue weighted by Crippen LogP contribution is -2.64. The number of fused-ring (bicyclic) bond motifs is 3. The van der Waals surface area contributed by atoms with Crippen molar-refractivity contribution in [1.82, 2.24) is 15.1 Å². The van der Waals surface area contributed by atoms with Gasteiger partial charge in [-0.25, -0.2) is 4.79 Å². The Kier molecular flexibility index (Phi) is 5.02. The lowest BCUT2D eigenvalue weighted by Gasteiger charge is -2.47. The summed E-state index contributed by atoms with van der Waals surface area (Å²) >= 11 is 1.46. The third kappa shape index (κ3) is 3.23. The highest BCUT2D eigenvalue weighted by atomic mass is 32.1. The minimum atomic E-state index is -1.06. The van der Waals surface area contributed by atoms with Crippen molar-refractivity contribution in [2.24, 2.45) is 17.8 Å². The lowest BCUT2D eigenvalue weighted by molar-refractivity contribution is -0.163. The number of hydrogen-bond donors (Lipinski definition) is 3. The molecular formula is C22H24N4O4S. The fraction of sp³-hybridized carbons (Fsp3) is 0.455. The van der Waals surface area contributed by atoms with Gasteiger partial charge in [0.05, 0.1) is 18.1 Å². The summed E-state index contributed by atoms with van der Waals surface area (Å²) < 4.78 is 0. The fourth-order valence-electron chi connectivity index (χ4n) is 5.42.